The summed E-state index contributed by atoms with van der Waals surface area (Å²) in [6.07, 6.45) is 7.67. The molecule has 160 valence electrons. The Kier molecular flexibility index (Phi) is 8.67. The lowest BCUT2D eigenvalue weighted by atomic mass is 10.0. The Morgan fingerprint density at radius 3 is 2.07 bits per heavy atom. The van der Waals surface area contributed by atoms with Crippen molar-refractivity contribution in [1.29, 1.82) is 0 Å². The minimum Gasteiger partial charge on any atom is -0.483 e. The molecule has 4 rings (SSSR count). The second-order valence-electron chi connectivity index (χ2n) is 8.22. The molecule has 2 aromatic rings. The molecule has 0 spiro atoms. The third-order valence-corrected chi connectivity index (χ3v) is 6.42. The average molecular weight is 404 g/mol. The fourth-order valence-electron chi connectivity index (χ4n) is 5.02. The first-order valence-electron chi connectivity index (χ1n) is 10.0. The van der Waals surface area contributed by atoms with Gasteiger partial charge in [-0.05, 0) is 76.4 Å². The number of nitrogens with zero attached hydrogens (tertiary/aromatic N) is 2. The van der Waals surface area contributed by atoms with E-state index in [1.165, 1.54) is 42.1 Å². The van der Waals surface area contributed by atoms with E-state index in [2.05, 4.69) is 66.4 Å². The van der Waals surface area contributed by atoms with Crippen LogP contribution < -0.4 is 0 Å². The molecule has 2 aliphatic rings. The fraction of sp³-hybridized carbons (Fsp3) is 0.545. The van der Waals surface area contributed by atoms with Gasteiger partial charge in [0, 0.05) is 35.7 Å². The molecule has 7 nitrogen and oxygen atoms in total. The third kappa shape index (κ3) is 5.81. The zero-order valence-electron chi connectivity index (χ0n) is 17.5. The fourth-order valence-corrected chi connectivity index (χ4v) is 5.02. The molecule has 0 bridgehead atoms. The van der Waals surface area contributed by atoms with Gasteiger partial charge in [-0.3, -0.25) is 14.5 Å². The number of carboxylic acid groups (broad SMARTS) is 2. The monoisotopic (exact) mass is 403 g/mol. The van der Waals surface area contributed by atoms with E-state index in [-0.39, 0.29) is 12.9 Å². The number of rotatable bonds is 4. The molecule has 4 atom stereocenters. The van der Waals surface area contributed by atoms with E-state index < -0.39 is 0 Å². The summed E-state index contributed by atoms with van der Waals surface area (Å²) < 4.78 is 0. The van der Waals surface area contributed by atoms with Crippen LogP contribution in [0, 0.1) is 11.8 Å². The molecule has 0 radical (unpaired) electrons. The van der Waals surface area contributed by atoms with Crippen LogP contribution in [0.2, 0.25) is 0 Å². The molecule has 1 aromatic carbocycles. The van der Waals surface area contributed by atoms with Crippen LogP contribution >= 0.6 is 0 Å². The van der Waals surface area contributed by atoms with Crippen molar-refractivity contribution >= 4 is 23.8 Å². The second kappa shape index (κ2) is 11.0. The lowest BCUT2D eigenvalue weighted by Gasteiger charge is -2.27. The Morgan fingerprint density at radius 2 is 1.52 bits per heavy atom. The second-order valence-corrected chi connectivity index (χ2v) is 8.22. The Balaban J connectivity index is 0.000000449. The maximum Gasteiger partial charge on any atom is 0.290 e. The summed E-state index contributed by atoms with van der Waals surface area (Å²) in [5, 5.41) is 15.2. The van der Waals surface area contributed by atoms with Gasteiger partial charge in [0.05, 0.1) is 0 Å². The predicted octanol–water partition coefficient (Wildman–Crippen LogP) is 3.12. The van der Waals surface area contributed by atoms with E-state index in [4.69, 9.17) is 19.8 Å². The van der Waals surface area contributed by atoms with Gasteiger partial charge in [0.2, 0.25) is 0 Å². The van der Waals surface area contributed by atoms with Crippen molar-refractivity contribution < 1.29 is 19.8 Å². The van der Waals surface area contributed by atoms with Crippen molar-refractivity contribution in [2.75, 3.05) is 21.1 Å². The van der Waals surface area contributed by atoms with Gasteiger partial charge >= 0.3 is 0 Å². The molecule has 0 amide bonds. The van der Waals surface area contributed by atoms with Gasteiger partial charge in [-0.2, -0.15) is 0 Å². The molecule has 3 N–H and O–H groups in total. The highest BCUT2D eigenvalue weighted by Crippen LogP contribution is 2.46. The van der Waals surface area contributed by atoms with Crippen molar-refractivity contribution in [3.05, 3.63) is 36.0 Å². The molecule has 2 aliphatic carbocycles. The molecular weight excluding hydrogens is 370 g/mol. The number of aromatic nitrogens is 1. The van der Waals surface area contributed by atoms with E-state index in [1.807, 2.05) is 0 Å². The lowest BCUT2D eigenvalue weighted by molar-refractivity contribution is -0.123. The summed E-state index contributed by atoms with van der Waals surface area (Å²) in [6, 6.07) is 10.4. The first-order valence-corrected chi connectivity index (χ1v) is 10.0. The number of fused-ring (bicyclic) bond motifs is 2. The molecule has 2 unspecified atom stereocenters. The van der Waals surface area contributed by atoms with Gasteiger partial charge in [-0.1, -0.05) is 12.1 Å². The Morgan fingerprint density at radius 1 is 0.966 bits per heavy atom. The number of H-pyrrole nitrogens is 1. The van der Waals surface area contributed by atoms with Crippen LogP contribution in [0.1, 0.15) is 31.2 Å². The van der Waals surface area contributed by atoms with Gasteiger partial charge in [-0.15, -0.1) is 0 Å². The molecule has 29 heavy (non-hydrogen) atoms. The van der Waals surface area contributed by atoms with Crippen LogP contribution in [0.3, 0.4) is 0 Å². The quantitative estimate of drug-likeness (QED) is 0.679. The Labute approximate surface area is 172 Å². The molecule has 0 saturated heterocycles. The summed E-state index contributed by atoms with van der Waals surface area (Å²) in [5.41, 5.74) is 2.71. The first-order chi connectivity index (χ1) is 13.9. The van der Waals surface area contributed by atoms with Crippen molar-refractivity contribution in [3.63, 3.8) is 0 Å². The molecule has 2 fully saturated rings. The van der Waals surface area contributed by atoms with Crippen LogP contribution in [0.5, 0.6) is 0 Å². The topological polar surface area (TPSA) is 96.9 Å². The van der Waals surface area contributed by atoms with E-state index in [0.717, 1.165) is 30.5 Å². The van der Waals surface area contributed by atoms with Gasteiger partial charge in [0.1, 0.15) is 0 Å². The minimum atomic E-state index is -0.250. The lowest BCUT2D eigenvalue weighted by Crippen LogP contribution is -2.31. The minimum absolute atomic E-state index is 0.250. The van der Waals surface area contributed by atoms with Crippen molar-refractivity contribution in [2.24, 2.45) is 11.8 Å². The summed E-state index contributed by atoms with van der Waals surface area (Å²) in [5.74, 6) is 1.91. The zero-order chi connectivity index (χ0) is 21.4. The number of hydrogen-bond donors (Lipinski definition) is 3. The van der Waals surface area contributed by atoms with Gasteiger partial charge in [-0.25, -0.2) is 0 Å². The number of aromatic amines is 1. The van der Waals surface area contributed by atoms with Gasteiger partial charge < -0.3 is 20.1 Å². The summed E-state index contributed by atoms with van der Waals surface area (Å²) in [7, 11) is 6.81. The molecule has 1 heterocycles. The number of hydrogen-bond acceptors (Lipinski definition) is 4. The highest BCUT2D eigenvalue weighted by atomic mass is 16.3. The molecule has 2 saturated carbocycles. The standard InChI is InChI=1S/C20H29N3.2CH2O2/c1-22(2)17-9-15-11-18(12-16(15)10-17)23(3)13-14-5-4-6-20-19(14)7-8-21-20;2*2-1-3/h4-8,15-18,21H,9-13H2,1-3H3;2*1H,(H,2,3)/t15-,16+,17?,18?;;. The first kappa shape index (κ1) is 22.9. The maximum absolute atomic E-state index is 8.36. The van der Waals surface area contributed by atoms with Crippen LogP contribution in [0.4, 0.5) is 0 Å². The number of benzene rings is 1. The van der Waals surface area contributed by atoms with Crippen molar-refractivity contribution in [2.45, 2.75) is 44.3 Å². The van der Waals surface area contributed by atoms with E-state index in [0.29, 0.717) is 0 Å². The number of carbonyl (C=O) groups is 2. The van der Waals surface area contributed by atoms with E-state index in [9.17, 15) is 0 Å². The Bertz CT molecular complexity index is 756. The van der Waals surface area contributed by atoms with Crippen LogP contribution in [0.25, 0.3) is 10.9 Å². The van der Waals surface area contributed by atoms with Crippen LogP contribution in [-0.4, -0.2) is 71.2 Å². The average Bonchev–Trinajstić information content (AvgIpc) is 3.37. The molecule has 1 aromatic heterocycles. The van der Waals surface area contributed by atoms with Crippen LogP contribution in [0.15, 0.2) is 30.5 Å². The van der Waals surface area contributed by atoms with E-state index in [1.54, 1.807) is 0 Å². The van der Waals surface area contributed by atoms with Gasteiger partial charge in [0.25, 0.3) is 12.9 Å². The largest absolute Gasteiger partial charge is 0.483 e. The normalized spacial score (nSPS) is 25.1. The Hall–Kier alpha value is -2.38. The van der Waals surface area contributed by atoms with E-state index >= 15 is 0 Å². The molecular formula is C22H33N3O4. The third-order valence-electron chi connectivity index (χ3n) is 6.42. The van der Waals surface area contributed by atoms with Crippen molar-refractivity contribution in [3.8, 4) is 0 Å². The molecule has 7 heteroatoms. The molecule has 0 aliphatic heterocycles. The summed E-state index contributed by atoms with van der Waals surface area (Å²) in [6.45, 7) is 0.566. The predicted molar refractivity (Wildman–Crippen MR) is 114 cm³/mol. The summed E-state index contributed by atoms with van der Waals surface area (Å²) >= 11 is 0. The smallest absolute Gasteiger partial charge is 0.290 e. The highest BCUT2D eigenvalue weighted by molar-refractivity contribution is 5.82. The van der Waals surface area contributed by atoms with Crippen molar-refractivity contribution in [1.82, 2.24) is 14.8 Å². The SMILES string of the molecule is CN(C)C1C[C@@H]2CC(N(C)Cc3cccc4[nH]ccc34)C[C@@H]2C1.O=CO.O=CO. The van der Waals surface area contributed by atoms with Gasteiger partial charge in [0.15, 0.2) is 0 Å². The summed E-state index contributed by atoms with van der Waals surface area (Å²) in [4.78, 5) is 25.1. The zero-order valence-corrected chi connectivity index (χ0v) is 17.5. The number of nitrogens with one attached hydrogen (secondary N) is 1. The van der Waals surface area contributed by atoms with Crippen LogP contribution in [-0.2, 0) is 16.1 Å². The maximum atomic E-state index is 8.36. The highest BCUT2D eigenvalue weighted by Gasteiger charge is 2.43.